The molecule has 1 N–H and O–H groups in total. The van der Waals surface area contributed by atoms with E-state index in [2.05, 4.69) is 16.9 Å². The summed E-state index contributed by atoms with van der Waals surface area (Å²) < 4.78 is 10.5. The second-order valence-electron chi connectivity index (χ2n) is 6.91. The van der Waals surface area contributed by atoms with E-state index in [0.717, 1.165) is 29.7 Å². The zero-order valence-electron chi connectivity index (χ0n) is 15.2. The number of esters is 1. The van der Waals surface area contributed by atoms with Gasteiger partial charge in [-0.1, -0.05) is 6.92 Å². The van der Waals surface area contributed by atoms with Crippen molar-refractivity contribution in [1.82, 2.24) is 9.97 Å². The first-order valence-corrected chi connectivity index (χ1v) is 9.79. The minimum atomic E-state index is -0.658. The third-order valence-corrected chi connectivity index (χ3v) is 5.94. The summed E-state index contributed by atoms with van der Waals surface area (Å²) in [6.07, 6.45) is 6.69. The van der Waals surface area contributed by atoms with Crippen LogP contribution in [0.4, 0.5) is 0 Å². The van der Waals surface area contributed by atoms with Crippen molar-refractivity contribution in [3.05, 3.63) is 56.9 Å². The summed E-state index contributed by atoms with van der Waals surface area (Å²) in [5.74, 6) is 1.02. The molecule has 4 rings (SSSR count). The number of nitrogens with one attached hydrogen (secondary N) is 1. The molecule has 1 aliphatic carbocycles. The number of furan rings is 1. The number of carbonyl (C=O) groups is 1. The van der Waals surface area contributed by atoms with Crippen LogP contribution < -0.4 is 5.56 Å². The van der Waals surface area contributed by atoms with Crippen LogP contribution in [0.5, 0.6) is 0 Å². The summed E-state index contributed by atoms with van der Waals surface area (Å²) in [6, 6.07) is 3.47. The van der Waals surface area contributed by atoms with Gasteiger partial charge in [-0.3, -0.25) is 4.79 Å². The van der Waals surface area contributed by atoms with Gasteiger partial charge in [0.05, 0.1) is 11.6 Å². The van der Waals surface area contributed by atoms with Gasteiger partial charge < -0.3 is 14.1 Å². The SMILES string of the molecule is C[C@@H]1CCc2c(sc3nc([C@@H](C)OC(=O)/C=C/c4ccco4)[nH]c(=O)c23)C1. The van der Waals surface area contributed by atoms with Gasteiger partial charge in [0.1, 0.15) is 10.6 Å². The molecule has 0 saturated heterocycles. The van der Waals surface area contributed by atoms with Crippen LogP contribution >= 0.6 is 11.3 Å². The number of aromatic nitrogens is 2. The molecule has 27 heavy (non-hydrogen) atoms. The minimum Gasteiger partial charge on any atom is -0.465 e. The van der Waals surface area contributed by atoms with Crippen LogP contribution in [0.2, 0.25) is 0 Å². The number of fused-ring (bicyclic) bond motifs is 3. The number of aromatic amines is 1. The second-order valence-corrected chi connectivity index (χ2v) is 7.99. The average Bonchev–Trinajstić information content (AvgIpc) is 3.26. The van der Waals surface area contributed by atoms with Crippen LogP contribution in [0.3, 0.4) is 0 Å². The van der Waals surface area contributed by atoms with Crippen LogP contribution in [0.1, 0.15) is 48.4 Å². The molecule has 3 heterocycles. The topological polar surface area (TPSA) is 85.2 Å². The molecule has 140 valence electrons. The largest absolute Gasteiger partial charge is 0.465 e. The highest BCUT2D eigenvalue weighted by atomic mass is 32.1. The predicted molar refractivity (Wildman–Crippen MR) is 104 cm³/mol. The molecule has 0 aromatic carbocycles. The summed E-state index contributed by atoms with van der Waals surface area (Å²) >= 11 is 1.58. The highest BCUT2D eigenvalue weighted by molar-refractivity contribution is 7.18. The molecule has 3 aromatic rings. The molecule has 0 fully saturated rings. The van der Waals surface area contributed by atoms with E-state index in [1.807, 2.05) is 0 Å². The van der Waals surface area contributed by atoms with Crippen molar-refractivity contribution < 1.29 is 13.9 Å². The summed E-state index contributed by atoms with van der Waals surface area (Å²) in [6.45, 7) is 3.92. The molecule has 2 atom stereocenters. The molecule has 6 nitrogen and oxygen atoms in total. The van der Waals surface area contributed by atoms with E-state index in [1.165, 1.54) is 23.3 Å². The van der Waals surface area contributed by atoms with Crippen molar-refractivity contribution in [2.45, 2.75) is 39.2 Å². The van der Waals surface area contributed by atoms with Gasteiger partial charge >= 0.3 is 5.97 Å². The zero-order chi connectivity index (χ0) is 19.0. The molecule has 0 spiro atoms. The maximum absolute atomic E-state index is 12.6. The van der Waals surface area contributed by atoms with Crippen LogP contribution in [-0.2, 0) is 22.4 Å². The van der Waals surface area contributed by atoms with Crippen LogP contribution in [0, 0.1) is 5.92 Å². The number of hydrogen-bond donors (Lipinski definition) is 1. The maximum Gasteiger partial charge on any atom is 0.331 e. The van der Waals surface area contributed by atoms with Gasteiger partial charge in [0.25, 0.3) is 5.56 Å². The molecule has 7 heteroatoms. The third kappa shape index (κ3) is 3.60. The summed E-state index contributed by atoms with van der Waals surface area (Å²) in [5, 5.41) is 0.696. The van der Waals surface area contributed by atoms with Gasteiger partial charge in [-0.25, -0.2) is 9.78 Å². The van der Waals surface area contributed by atoms with E-state index in [4.69, 9.17) is 9.15 Å². The first kappa shape index (κ1) is 17.7. The first-order chi connectivity index (χ1) is 13.0. The van der Waals surface area contributed by atoms with Crippen molar-refractivity contribution in [2.75, 3.05) is 0 Å². The summed E-state index contributed by atoms with van der Waals surface area (Å²) in [4.78, 5) is 34.0. The summed E-state index contributed by atoms with van der Waals surface area (Å²) in [7, 11) is 0. The van der Waals surface area contributed by atoms with Crippen LogP contribution in [0.15, 0.2) is 33.7 Å². The van der Waals surface area contributed by atoms with Crippen molar-refractivity contribution in [2.24, 2.45) is 5.92 Å². The Hall–Kier alpha value is -2.67. The lowest BCUT2D eigenvalue weighted by Crippen LogP contribution is -2.17. The Bertz CT molecular complexity index is 1060. The number of thiophene rings is 1. The van der Waals surface area contributed by atoms with Crippen molar-refractivity contribution in [1.29, 1.82) is 0 Å². The quantitative estimate of drug-likeness (QED) is 0.542. The fourth-order valence-corrected chi connectivity index (χ4v) is 4.75. The highest BCUT2D eigenvalue weighted by Gasteiger charge is 2.24. The van der Waals surface area contributed by atoms with Gasteiger partial charge in [-0.05, 0) is 55.9 Å². The van der Waals surface area contributed by atoms with Crippen molar-refractivity contribution in [3.63, 3.8) is 0 Å². The minimum absolute atomic E-state index is 0.156. The molecular weight excluding hydrogens is 364 g/mol. The zero-order valence-corrected chi connectivity index (χ0v) is 16.0. The van der Waals surface area contributed by atoms with Crippen LogP contribution in [0.25, 0.3) is 16.3 Å². The monoisotopic (exact) mass is 384 g/mol. The Morgan fingerprint density at radius 3 is 3.15 bits per heavy atom. The molecule has 0 bridgehead atoms. The Kier molecular flexibility index (Phi) is 4.70. The van der Waals surface area contributed by atoms with Gasteiger partial charge in [0, 0.05) is 11.0 Å². The lowest BCUT2D eigenvalue weighted by Gasteiger charge is -2.17. The fraction of sp³-hybridized carbons (Fsp3) is 0.350. The third-order valence-electron chi connectivity index (χ3n) is 4.79. The molecule has 0 unspecified atom stereocenters. The first-order valence-electron chi connectivity index (χ1n) is 8.98. The average molecular weight is 384 g/mol. The van der Waals surface area contributed by atoms with Gasteiger partial charge in [0.15, 0.2) is 11.9 Å². The highest BCUT2D eigenvalue weighted by Crippen LogP contribution is 2.35. The van der Waals surface area contributed by atoms with E-state index in [9.17, 15) is 9.59 Å². The smallest absolute Gasteiger partial charge is 0.331 e. The van der Waals surface area contributed by atoms with E-state index < -0.39 is 12.1 Å². The Morgan fingerprint density at radius 1 is 1.52 bits per heavy atom. The normalized spacial score (nSPS) is 17.9. The maximum atomic E-state index is 12.6. The Morgan fingerprint density at radius 2 is 2.37 bits per heavy atom. The molecule has 0 amide bonds. The number of hydrogen-bond acceptors (Lipinski definition) is 6. The van der Waals surface area contributed by atoms with Gasteiger partial charge in [-0.15, -0.1) is 11.3 Å². The molecule has 3 aromatic heterocycles. The lowest BCUT2D eigenvalue weighted by molar-refractivity contribution is -0.142. The number of aryl methyl sites for hydroxylation is 1. The molecule has 0 radical (unpaired) electrons. The standard InChI is InChI=1S/C20H20N2O4S/c1-11-5-7-14-15(10-11)27-20-17(14)19(24)21-18(22-20)12(2)26-16(23)8-6-13-4-3-9-25-13/h3-4,6,8-9,11-12H,5,7,10H2,1-2H3,(H,21,22,24)/b8-6+/t11-,12-/m1/s1. The number of carbonyl (C=O) groups excluding carboxylic acids is 1. The van der Waals surface area contributed by atoms with E-state index in [1.54, 1.807) is 30.4 Å². The van der Waals surface area contributed by atoms with Gasteiger partial charge in [-0.2, -0.15) is 0 Å². The Labute approximate surface area is 159 Å². The summed E-state index contributed by atoms with van der Waals surface area (Å²) in [5.41, 5.74) is 0.982. The van der Waals surface area contributed by atoms with E-state index in [-0.39, 0.29) is 5.56 Å². The molecular formula is C20H20N2O4S. The van der Waals surface area contributed by atoms with Crippen molar-refractivity contribution >= 4 is 33.6 Å². The predicted octanol–water partition coefficient (Wildman–Crippen LogP) is 4.02. The number of rotatable bonds is 4. The molecule has 0 aliphatic heterocycles. The lowest BCUT2D eigenvalue weighted by atomic mass is 9.89. The fourth-order valence-electron chi connectivity index (χ4n) is 3.36. The van der Waals surface area contributed by atoms with E-state index in [0.29, 0.717) is 22.9 Å². The second kappa shape index (κ2) is 7.15. The number of H-pyrrole nitrogens is 1. The van der Waals surface area contributed by atoms with Crippen molar-refractivity contribution in [3.8, 4) is 0 Å². The molecule has 1 aliphatic rings. The van der Waals surface area contributed by atoms with Gasteiger partial charge in [0.2, 0.25) is 0 Å². The number of ether oxygens (including phenoxy) is 1. The van der Waals surface area contributed by atoms with Crippen LogP contribution in [-0.4, -0.2) is 15.9 Å². The molecule has 0 saturated carbocycles. The number of nitrogens with zero attached hydrogens (tertiary/aromatic N) is 1. The van der Waals surface area contributed by atoms with E-state index >= 15 is 0 Å². The Balaban J connectivity index is 1.56.